The number of aryl methyl sites for hydroxylation is 1. The first kappa shape index (κ1) is 22.8. The standard InChI is InChI=1S/C26H25B2FN4O3/c1-32-13-20-18(6-7-22(23(20)31-32)36-17-8-10-35-14-17)15-4-5-16(21(29)11-15)12-33-25(34)19-3-2-9-30-24(19)26(33,27)28/h2-7,9,11,13,17H,8,10,12,14,27-28H2,1H3/t17-/m1/s1. The van der Waals surface area contributed by atoms with Crippen molar-refractivity contribution >= 4 is 32.5 Å². The summed E-state index contributed by atoms with van der Waals surface area (Å²) >= 11 is 0. The van der Waals surface area contributed by atoms with Gasteiger partial charge in [-0.2, -0.15) is 5.10 Å². The Morgan fingerprint density at radius 2 is 2.08 bits per heavy atom. The Hall–Kier alpha value is -3.65. The normalized spacial score (nSPS) is 18.7. The third kappa shape index (κ3) is 3.67. The third-order valence-electron chi connectivity index (χ3n) is 7.17. The van der Waals surface area contributed by atoms with Crippen LogP contribution in [0, 0.1) is 5.82 Å². The zero-order valence-corrected chi connectivity index (χ0v) is 20.5. The molecule has 1 amide bonds. The van der Waals surface area contributed by atoms with E-state index in [0.717, 1.165) is 34.1 Å². The lowest BCUT2D eigenvalue weighted by Crippen LogP contribution is -2.44. The van der Waals surface area contributed by atoms with E-state index >= 15 is 4.39 Å². The van der Waals surface area contributed by atoms with Gasteiger partial charge in [-0.1, -0.05) is 12.1 Å². The molecule has 0 N–H and O–H groups in total. The van der Waals surface area contributed by atoms with Crippen LogP contribution in [0.1, 0.15) is 28.0 Å². The van der Waals surface area contributed by atoms with Crippen LogP contribution in [0.4, 0.5) is 4.39 Å². The molecule has 0 saturated carbocycles. The summed E-state index contributed by atoms with van der Waals surface area (Å²) in [5.41, 5.74) is 4.09. The molecular weight excluding hydrogens is 457 g/mol. The second kappa shape index (κ2) is 8.48. The van der Waals surface area contributed by atoms with Gasteiger partial charge in [-0.05, 0) is 41.5 Å². The summed E-state index contributed by atoms with van der Waals surface area (Å²) in [6, 6.07) is 12.5. The first-order valence-corrected chi connectivity index (χ1v) is 12.1. The monoisotopic (exact) mass is 482 g/mol. The molecule has 2 aromatic carbocycles. The molecule has 2 aliphatic rings. The van der Waals surface area contributed by atoms with Gasteiger partial charge >= 0.3 is 0 Å². The van der Waals surface area contributed by atoms with E-state index in [1.807, 2.05) is 47.1 Å². The summed E-state index contributed by atoms with van der Waals surface area (Å²) in [6.07, 6.45) is 4.46. The second-order valence-electron chi connectivity index (χ2n) is 9.94. The van der Waals surface area contributed by atoms with Crippen molar-refractivity contribution < 1.29 is 18.7 Å². The second-order valence-corrected chi connectivity index (χ2v) is 9.94. The maximum atomic E-state index is 15.4. The highest BCUT2D eigenvalue weighted by Crippen LogP contribution is 2.37. The number of amides is 1. The van der Waals surface area contributed by atoms with E-state index in [9.17, 15) is 4.79 Å². The fraction of sp³-hybridized carbons (Fsp3) is 0.269. The molecule has 2 aromatic heterocycles. The first-order valence-electron chi connectivity index (χ1n) is 12.1. The number of nitrogens with zero attached hydrogens (tertiary/aromatic N) is 4. The maximum Gasteiger partial charge on any atom is 0.255 e. The fourth-order valence-corrected chi connectivity index (χ4v) is 5.20. The Bertz CT molecular complexity index is 1500. The minimum atomic E-state index is -0.624. The summed E-state index contributed by atoms with van der Waals surface area (Å²) < 4.78 is 28.8. The largest absolute Gasteiger partial charge is 0.486 e. The van der Waals surface area contributed by atoms with Crippen LogP contribution in [-0.2, 0) is 23.7 Å². The van der Waals surface area contributed by atoms with Gasteiger partial charge in [0.25, 0.3) is 5.91 Å². The Morgan fingerprint density at radius 1 is 1.22 bits per heavy atom. The zero-order chi connectivity index (χ0) is 25.0. The van der Waals surface area contributed by atoms with E-state index in [0.29, 0.717) is 30.1 Å². The molecule has 4 aromatic rings. The molecule has 180 valence electrons. The number of carbonyl (C=O) groups is 1. The van der Waals surface area contributed by atoms with Crippen molar-refractivity contribution in [1.82, 2.24) is 19.7 Å². The van der Waals surface area contributed by atoms with Crippen molar-refractivity contribution in [2.24, 2.45) is 7.05 Å². The molecule has 0 spiro atoms. The maximum absolute atomic E-state index is 15.4. The van der Waals surface area contributed by atoms with E-state index in [2.05, 4.69) is 10.1 Å². The predicted octanol–water partition coefficient (Wildman–Crippen LogP) is 1.97. The van der Waals surface area contributed by atoms with Gasteiger partial charge in [-0.15, -0.1) is 0 Å². The molecule has 0 aliphatic carbocycles. The summed E-state index contributed by atoms with van der Waals surface area (Å²) in [5, 5.41) is 4.86. The van der Waals surface area contributed by atoms with Crippen molar-refractivity contribution in [3.63, 3.8) is 0 Å². The van der Waals surface area contributed by atoms with Gasteiger partial charge in [0.2, 0.25) is 0 Å². The number of hydrogen-bond donors (Lipinski definition) is 0. The first-order chi connectivity index (χ1) is 17.3. The van der Waals surface area contributed by atoms with Gasteiger partial charge in [-0.25, -0.2) is 4.39 Å². The minimum absolute atomic E-state index is 0.0108. The quantitative estimate of drug-likeness (QED) is 0.407. The molecule has 0 radical (unpaired) electrons. The number of rotatable bonds is 5. The molecular formula is C26H25B2FN4O3. The molecule has 6 rings (SSSR count). The minimum Gasteiger partial charge on any atom is -0.486 e. The summed E-state index contributed by atoms with van der Waals surface area (Å²) in [7, 11) is 5.74. The number of benzene rings is 2. The number of ether oxygens (including phenoxy) is 2. The highest BCUT2D eigenvalue weighted by Gasteiger charge is 2.43. The van der Waals surface area contributed by atoms with E-state index < -0.39 is 5.34 Å². The number of carbonyl (C=O) groups excluding carboxylic acids is 1. The van der Waals surface area contributed by atoms with Crippen LogP contribution in [0.25, 0.3) is 22.0 Å². The van der Waals surface area contributed by atoms with Crippen molar-refractivity contribution in [2.75, 3.05) is 13.2 Å². The van der Waals surface area contributed by atoms with Gasteiger partial charge in [-0.3, -0.25) is 14.5 Å². The van der Waals surface area contributed by atoms with Gasteiger partial charge in [0.05, 0.1) is 24.5 Å². The number of halogens is 1. The molecule has 10 heteroatoms. The van der Waals surface area contributed by atoms with Crippen LogP contribution in [0.3, 0.4) is 0 Å². The van der Waals surface area contributed by atoms with Crippen LogP contribution >= 0.6 is 0 Å². The van der Waals surface area contributed by atoms with E-state index in [4.69, 9.17) is 9.47 Å². The lowest BCUT2D eigenvalue weighted by Gasteiger charge is -2.32. The van der Waals surface area contributed by atoms with Crippen LogP contribution in [-0.4, -0.2) is 60.6 Å². The van der Waals surface area contributed by atoms with Crippen molar-refractivity contribution in [3.8, 4) is 16.9 Å². The third-order valence-corrected chi connectivity index (χ3v) is 7.17. The summed E-state index contributed by atoms with van der Waals surface area (Å²) in [6.45, 7) is 1.43. The molecule has 0 unspecified atom stereocenters. The molecule has 2 aliphatic heterocycles. The molecule has 0 bridgehead atoms. The average molecular weight is 482 g/mol. The van der Waals surface area contributed by atoms with Gasteiger partial charge in [0.1, 0.15) is 38.9 Å². The average Bonchev–Trinajstić information content (AvgIpc) is 3.56. The van der Waals surface area contributed by atoms with Gasteiger partial charge in [0.15, 0.2) is 0 Å². The number of fused-ring (bicyclic) bond motifs is 2. The fourth-order valence-electron chi connectivity index (χ4n) is 5.20. The number of aromatic nitrogens is 3. The van der Waals surface area contributed by atoms with E-state index in [1.165, 1.54) is 6.07 Å². The molecule has 1 atom stereocenters. The highest BCUT2D eigenvalue weighted by molar-refractivity contribution is 6.42. The van der Waals surface area contributed by atoms with Crippen LogP contribution in [0.15, 0.2) is 54.9 Å². The van der Waals surface area contributed by atoms with Crippen LogP contribution in [0.2, 0.25) is 0 Å². The van der Waals surface area contributed by atoms with Crippen molar-refractivity contribution in [1.29, 1.82) is 0 Å². The SMILES string of the molecule is BC1(B)c2ncccc2C(=O)N1Cc1ccc(-c2ccc(O[C@@H]3CCOC3)c3nn(C)cc23)cc1F. The Labute approximate surface area is 210 Å². The Kier molecular flexibility index (Phi) is 5.37. The van der Waals surface area contributed by atoms with Crippen molar-refractivity contribution in [2.45, 2.75) is 24.4 Å². The smallest absolute Gasteiger partial charge is 0.255 e. The molecule has 36 heavy (non-hydrogen) atoms. The predicted molar refractivity (Wildman–Crippen MR) is 139 cm³/mol. The molecule has 1 saturated heterocycles. The molecule has 1 fully saturated rings. The van der Waals surface area contributed by atoms with Crippen LogP contribution in [0.5, 0.6) is 5.75 Å². The summed E-state index contributed by atoms with van der Waals surface area (Å²) in [4.78, 5) is 19.2. The van der Waals surface area contributed by atoms with Gasteiger partial charge in [0, 0.05) is 48.7 Å². The topological polar surface area (TPSA) is 69.5 Å². The van der Waals surface area contributed by atoms with Gasteiger partial charge < -0.3 is 14.4 Å². The van der Waals surface area contributed by atoms with Crippen molar-refractivity contribution in [3.05, 3.63) is 77.5 Å². The molecule has 4 heterocycles. The van der Waals surface area contributed by atoms with Crippen LogP contribution < -0.4 is 4.74 Å². The Balaban J connectivity index is 1.31. The lowest BCUT2D eigenvalue weighted by atomic mass is 9.59. The number of hydrogen-bond acceptors (Lipinski definition) is 5. The Morgan fingerprint density at radius 3 is 2.83 bits per heavy atom. The highest BCUT2D eigenvalue weighted by atomic mass is 19.1. The van der Waals surface area contributed by atoms with E-state index in [-0.39, 0.29) is 24.4 Å². The molecule has 7 nitrogen and oxygen atoms in total. The van der Waals surface area contributed by atoms with E-state index in [1.54, 1.807) is 34.0 Å². The zero-order valence-electron chi connectivity index (χ0n) is 20.5. The number of pyridine rings is 1. The lowest BCUT2D eigenvalue weighted by molar-refractivity contribution is 0.0729. The summed E-state index contributed by atoms with van der Waals surface area (Å²) in [5.74, 6) is 0.206.